The van der Waals surface area contributed by atoms with Gasteiger partial charge in [-0.15, -0.1) is 0 Å². The highest BCUT2D eigenvalue weighted by Gasteiger charge is 2.20. The van der Waals surface area contributed by atoms with Gasteiger partial charge in [-0.25, -0.2) is 8.42 Å². The molecule has 1 aromatic rings. The molecular formula is C16H29NO6S2. The summed E-state index contributed by atoms with van der Waals surface area (Å²) in [7, 11) is -8.05. The average Bonchev–Trinajstić information content (AvgIpc) is 2.51. The highest BCUT2D eigenvalue weighted by molar-refractivity contribution is 7.86. The van der Waals surface area contributed by atoms with Gasteiger partial charge in [0.2, 0.25) is 0 Å². The number of hydrogen-bond donors (Lipinski definition) is 1. The summed E-state index contributed by atoms with van der Waals surface area (Å²) in [6.07, 6.45) is 0.536. The van der Waals surface area contributed by atoms with Gasteiger partial charge in [-0.3, -0.25) is 4.55 Å². The van der Waals surface area contributed by atoms with Gasteiger partial charge in [0.1, 0.15) is 10.1 Å². The Labute approximate surface area is 151 Å². The quantitative estimate of drug-likeness (QED) is 0.532. The molecule has 25 heavy (non-hydrogen) atoms. The van der Waals surface area contributed by atoms with Crippen molar-refractivity contribution in [2.75, 3.05) is 31.9 Å². The van der Waals surface area contributed by atoms with Crippen molar-refractivity contribution in [2.24, 2.45) is 0 Å². The van der Waals surface area contributed by atoms with Crippen molar-refractivity contribution in [3.8, 4) is 0 Å². The second kappa shape index (κ2) is 10.2. The Hall–Kier alpha value is -1.00. The Morgan fingerprint density at radius 2 is 1.40 bits per heavy atom. The molecule has 0 spiro atoms. The summed E-state index contributed by atoms with van der Waals surface area (Å²) in [6.45, 7) is 12.0. The molecule has 0 atom stereocenters. The van der Waals surface area contributed by atoms with Crippen molar-refractivity contribution in [3.63, 3.8) is 0 Å². The van der Waals surface area contributed by atoms with Gasteiger partial charge >= 0.3 is 0 Å². The van der Waals surface area contributed by atoms with E-state index in [-0.39, 0.29) is 10.6 Å². The van der Waals surface area contributed by atoms with E-state index >= 15 is 0 Å². The Morgan fingerprint density at radius 3 is 1.72 bits per heavy atom. The first-order valence-electron chi connectivity index (χ1n) is 8.22. The topological polar surface area (TPSA) is 112 Å². The fraction of sp³-hybridized carbons (Fsp3) is 0.625. The van der Waals surface area contributed by atoms with Gasteiger partial charge in [0.25, 0.3) is 10.1 Å². The van der Waals surface area contributed by atoms with E-state index < -0.39 is 20.2 Å². The van der Waals surface area contributed by atoms with Crippen LogP contribution in [-0.2, 0) is 20.2 Å². The van der Waals surface area contributed by atoms with Crippen LogP contribution in [0.15, 0.2) is 29.2 Å². The van der Waals surface area contributed by atoms with Gasteiger partial charge in [-0.05, 0) is 39.8 Å². The van der Waals surface area contributed by atoms with Crippen LogP contribution in [0.25, 0.3) is 0 Å². The number of rotatable bonds is 8. The molecule has 0 fully saturated rings. The SMILES string of the molecule is CC[N+](CC)(CC)CCCS(=O)(=O)O.Cc1ccc(S(=O)(=O)[O-])cc1. The van der Waals surface area contributed by atoms with Crippen LogP contribution in [0.5, 0.6) is 0 Å². The fourth-order valence-corrected chi connectivity index (χ4v) is 3.40. The van der Waals surface area contributed by atoms with Gasteiger partial charge in [0, 0.05) is 6.42 Å². The fourth-order valence-electron chi connectivity index (χ4n) is 2.43. The molecule has 9 heteroatoms. The number of quaternary nitrogens is 1. The highest BCUT2D eigenvalue weighted by Crippen LogP contribution is 2.09. The summed E-state index contributed by atoms with van der Waals surface area (Å²) in [5.41, 5.74) is 0.928. The van der Waals surface area contributed by atoms with Crippen LogP contribution in [0.4, 0.5) is 0 Å². The molecule has 0 aliphatic rings. The first-order chi connectivity index (χ1) is 11.4. The largest absolute Gasteiger partial charge is 0.744 e. The Balaban J connectivity index is 0.000000472. The van der Waals surface area contributed by atoms with E-state index in [0.29, 0.717) is 6.42 Å². The van der Waals surface area contributed by atoms with Gasteiger partial charge < -0.3 is 9.04 Å². The van der Waals surface area contributed by atoms with Gasteiger partial charge in [-0.1, -0.05) is 17.7 Å². The molecule has 0 aliphatic carbocycles. The van der Waals surface area contributed by atoms with Crippen LogP contribution in [0.3, 0.4) is 0 Å². The van der Waals surface area contributed by atoms with E-state index in [4.69, 9.17) is 4.55 Å². The normalized spacial score (nSPS) is 12.4. The van der Waals surface area contributed by atoms with E-state index in [1.54, 1.807) is 12.1 Å². The van der Waals surface area contributed by atoms with E-state index in [2.05, 4.69) is 20.8 Å². The Kier molecular flexibility index (Phi) is 9.81. The zero-order valence-electron chi connectivity index (χ0n) is 15.3. The number of benzene rings is 1. The van der Waals surface area contributed by atoms with Crippen molar-refractivity contribution in [1.82, 2.24) is 0 Å². The summed E-state index contributed by atoms with van der Waals surface area (Å²) >= 11 is 0. The molecular weight excluding hydrogens is 366 g/mol. The zero-order valence-corrected chi connectivity index (χ0v) is 16.9. The van der Waals surface area contributed by atoms with Gasteiger partial charge in [0.15, 0.2) is 0 Å². The van der Waals surface area contributed by atoms with Crippen LogP contribution in [0.1, 0.15) is 32.8 Å². The molecule has 0 saturated carbocycles. The summed E-state index contributed by atoms with van der Waals surface area (Å²) < 4.78 is 61.8. The second-order valence-corrected chi connectivity index (χ2v) is 8.87. The minimum atomic E-state index is -4.27. The predicted molar refractivity (Wildman–Crippen MR) is 96.9 cm³/mol. The molecule has 1 rings (SSSR count). The van der Waals surface area contributed by atoms with E-state index in [1.807, 2.05) is 6.92 Å². The minimum absolute atomic E-state index is 0.118. The van der Waals surface area contributed by atoms with Crippen LogP contribution >= 0.6 is 0 Å². The van der Waals surface area contributed by atoms with Crippen molar-refractivity contribution < 1.29 is 30.4 Å². The molecule has 1 N–H and O–H groups in total. The molecule has 146 valence electrons. The maximum Gasteiger partial charge on any atom is 0.265 e. The van der Waals surface area contributed by atoms with Crippen molar-refractivity contribution in [2.45, 2.75) is 39.0 Å². The number of aryl methyl sites for hydroxylation is 1. The second-order valence-electron chi connectivity index (χ2n) is 5.92. The van der Waals surface area contributed by atoms with E-state index in [0.717, 1.165) is 36.2 Å². The summed E-state index contributed by atoms with van der Waals surface area (Å²) in [5.74, 6) is -0.118. The minimum Gasteiger partial charge on any atom is -0.744 e. The molecule has 0 saturated heterocycles. The zero-order chi connectivity index (χ0) is 19.7. The molecule has 7 nitrogen and oxygen atoms in total. The predicted octanol–water partition coefficient (Wildman–Crippen LogP) is 2.04. The standard InChI is InChI=1S/C9H21NO3S.C7H8O3S/c1-4-10(5-2,6-3)8-7-9-14(11,12)13;1-6-2-4-7(5-3-6)11(8,9)10/h4-9H2,1-3H3;2-5H,1H3,(H,8,9,10). The van der Waals surface area contributed by atoms with Crippen molar-refractivity contribution >= 4 is 20.2 Å². The lowest BCUT2D eigenvalue weighted by atomic mass is 10.2. The molecule has 0 heterocycles. The third-order valence-electron chi connectivity index (χ3n) is 4.36. The number of nitrogens with zero attached hydrogens (tertiary/aromatic N) is 1. The van der Waals surface area contributed by atoms with Gasteiger partial charge in [0.05, 0.1) is 36.8 Å². The van der Waals surface area contributed by atoms with E-state index in [9.17, 15) is 21.4 Å². The smallest absolute Gasteiger partial charge is 0.265 e. The van der Waals surface area contributed by atoms with Crippen LogP contribution in [0, 0.1) is 6.92 Å². The average molecular weight is 396 g/mol. The van der Waals surface area contributed by atoms with Gasteiger partial charge in [-0.2, -0.15) is 8.42 Å². The highest BCUT2D eigenvalue weighted by atomic mass is 32.2. The molecule has 0 bridgehead atoms. The lowest BCUT2D eigenvalue weighted by Crippen LogP contribution is -2.48. The summed E-state index contributed by atoms with van der Waals surface area (Å²) in [4.78, 5) is -0.178. The summed E-state index contributed by atoms with van der Waals surface area (Å²) in [6, 6.07) is 5.78. The molecule has 1 aromatic carbocycles. The molecule has 0 radical (unpaired) electrons. The molecule has 0 aromatic heterocycles. The lowest BCUT2D eigenvalue weighted by Gasteiger charge is -2.35. The van der Waals surface area contributed by atoms with Crippen molar-refractivity contribution in [1.29, 1.82) is 0 Å². The Bertz CT molecular complexity index is 699. The monoisotopic (exact) mass is 395 g/mol. The molecule has 0 amide bonds. The van der Waals surface area contributed by atoms with Crippen LogP contribution < -0.4 is 0 Å². The molecule has 0 unspecified atom stereocenters. The third-order valence-corrected chi connectivity index (χ3v) is 6.01. The Morgan fingerprint density at radius 1 is 0.960 bits per heavy atom. The molecule has 0 aliphatic heterocycles. The van der Waals surface area contributed by atoms with Crippen LogP contribution in [-0.4, -0.2) is 62.4 Å². The first-order valence-corrected chi connectivity index (χ1v) is 11.2. The maximum absolute atomic E-state index is 10.5. The maximum atomic E-state index is 10.5. The lowest BCUT2D eigenvalue weighted by molar-refractivity contribution is -0.923. The third kappa shape index (κ3) is 9.91. The number of hydrogen-bond acceptors (Lipinski definition) is 5. The van der Waals surface area contributed by atoms with Crippen molar-refractivity contribution in [3.05, 3.63) is 29.8 Å². The van der Waals surface area contributed by atoms with E-state index in [1.165, 1.54) is 12.1 Å². The first kappa shape index (κ1) is 24.0. The van der Waals surface area contributed by atoms with Crippen LogP contribution in [0.2, 0.25) is 0 Å². The summed E-state index contributed by atoms with van der Waals surface area (Å²) in [5, 5.41) is 0.